The molecule has 8 heavy (non-hydrogen) atoms. The Hall–Kier alpha value is -0.120. The minimum Gasteiger partial charge on any atom is -0.377 e. The van der Waals surface area contributed by atoms with Crippen LogP contribution in [0.1, 0.15) is 12.8 Å². The Kier molecular flexibility index (Phi) is 1.83. The van der Waals surface area contributed by atoms with Crippen LogP contribution in [0.2, 0.25) is 0 Å². The Morgan fingerprint density at radius 1 is 1.75 bits per heavy atom. The van der Waals surface area contributed by atoms with Crippen molar-refractivity contribution in [2.45, 2.75) is 25.1 Å². The number of aliphatic hydroxyl groups excluding tert-OH is 1. The molecule has 0 saturated carbocycles. The Morgan fingerprint density at radius 3 is 2.75 bits per heavy atom. The molecule has 1 saturated heterocycles. The number of rotatable bonds is 1. The third kappa shape index (κ3) is 1.18. The van der Waals surface area contributed by atoms with E-state index in [1.54, 1.807) is 0 Å². The third-order valence-corrected chi connectivity index (χ3v) is 1.51. The zero-order valence-corrected chi connectivity index (χ0v) is 4.80. The third-order valence-electron chi connectivity index (χ3n) is 1.51. The fraction of sp³-hybridized carbons (Fsp3) is 1.00. The molecule has 1 heterocycles. The zero-order chi connectivity index (χ0) is 5.98. The lowest BCUT2D eigenvalue weighted by atomic mass is 10.2. The van der Waals surface area contributed by atoms with Gasteiger partial charge in [-0.05, 0) is 19.4 Å². The highest BCUT2D eigenvalue weighted by molar-refractivity contribution is 4.77. The second kappa shape index (κ2) is 2.44. The van der Waals surface area contributed by atoms with Gasteiger partial charge >= 0.3 is 0 Å². The largest absolute Gasteiger partial charge is 0.377 e. The first-order chi connectivity index (χ1) is 3.80. The molecule has 48 valence electrons. The monoisotopic (exact) mass is 116 g/mol. The van der Waals surface area contributed by atoms with Crippen molar-refractivity contribution in [3.63, 3.8) is 0 Å². The molecule has 0 bridgehead atoms. The van der Waals surface area contributed by atoms with Crippen LogP contribution in [0, 0.1) is 0 Å². The van der Waals surface area contributed by atoms with E-state index in [1.807, 2.05) is 0 Å². The predicted octanol–water partition coefficient (Wildman–Crippen LogP) is -0.984. The highest BCUT2D eigenvalue weighted by Gasteiger charge is 2.18. The van der Waals surface area contributed by atoms with Crippen molar-refractivity contribution in [3.05, 3.63) is 0 Å². The van der Waals surface area contributed by atoms with Gasteiger partial charge in [-0.15, -0.1) is 0 Å². The number of nitrogens with one attached hydrogen (secondary N) is 1. The number of nitrogens with two attached hydrogens (primary N) is 1. The molecule has 3 nitrogen and oxygen atoms in total. The molecule has 0 aromatic carbocycles. The molecule has 1 fully saturated rings. The van der Waals surface area contributed by atoms with Crippen LogP contribution >= 0.6 is 0 Å². The topological polar surface area (TPSA) is 58.3 Å². The standard InChI is InChI=1S/C5H12N2O/c6-5(8)4-2-1-3-7-4/h4-5,7-8H,1-3,6H2/t4-,5?/m1/s1. The van der Waals surface area contributed by atoms with Gasteiger partial charge in [-0.25, -0.2) is 0 Å². The van der Waals surface area contributed by atoms with Crippen molar-refractivity contribution in [2.75, 3.05) is 6.54 Å². The van der Waals surface area contributed by atoms with Crippen molar-refractivity contribution < 1.29 is 5.11 Å². The summed E-state index contributed by atoms with van der Waals surface area (Å²) in [6, 6.07) is 0.148. The molecule has 1 unspecified atom stereocenters. The summed E-state index contributed by atoms with van der Waals surface area (Å²) in [6.07, 6.45) is 1.48. The summed E-state index contributed by atoms with van der Waals surface area (Å²) in [5.41, 5.74) is 5.19. The van der Waals surface area contributed by atoms with Crippen LogP contribution in [0.15, 0.2) is 0 Å². The molecular weight excluding hydrogens is 104 g/mol. The maximum absolute atomic E-state index is 8.77. The molecule has 0 amide bonds. The predicted molar refractivity (Wildman–Crippen MR) is 31.2 cm³/mol. The van der Waals surface area contributed by atoms with Gasteiger partial charge in [0.05, 0.1) is 0 Å². The van der Waals surface area contributed by atoms with Crippen LogP contribution in [-0.2, 0) is 0 Å². The summed E-state index contributed by atoms with van der Waals surface area (Å²) in [6.45, 7) is 0.999. The van der Waals surface area contributed by atoms with Gasteiger partial charge in [-0.3, -0.25) is 0 Å². The summed E-state index contributed by atoms with van der Waals surface area (Å²) in [7, 11) is 0. The van der Waals surface area contributed by atoms with Crippen LogP contribution in [0.25, 0.3) is 0 Å². The van der Waals surface area contributed by atoms with Gasteiger partial charge in [-0.1, -0.05) is 0 Å². The van der Waals surface area contributed by atoms with Crippen LogP contribution in [0.4, 0.5) is 0 Å². The second-order valence-electron chi connectivity index (χ2n) is 2.19. The Bertz CT molecular complexity index is 68.8. The number of hydrogen-bond donors (Lipinski definition) is 3. The SMILES string of the molecule is NC(O)[C@H]1CCCN1. The Labute approximate surface area is 48.9 Å². The molecule has 4 N–H and O–H groups in total. The van der Waals surface area contributed by atoms with Crippen molar-refractivity contribution in [1.82, 2.24) is 5.32 Å². The maximum atomic E-state index is 8.77. The molecule has 0 spiro atoms. The second-order valence-corrected chi connectivity index (χ2v) is 2.19. The summed E-state index contributed by atoms with van der Waals surface area (Å²) in [5.74, 6) is 0. The summed E-state index contributed by atoms with van der Waals surface area (Å²) in [5, 5.41) is 11.8. The maximum Gasteiger partial charge on any atom is 0.117 e. The van der Waals surface area contributed by atoms with E-state index < -0.39 is 6.23 Å². The first-order valence-corrected chi connectivity index (χ1v) is 2.98. The lowest BCUT2D eigenvalue weighted by molar-refractivity contribution is 0.142. The van der Waals surface area contributed by atoms with Crippen molar-refractivity contribution >= 4 is 0 Å². The van der Waals surface area contributed by atoms with Gasteiger partial charge in [-0.2, -0.15) is 0 Å². The number of aliphatic hydroxyl groups is 1. The Balaban J connectivity index is 2.24. The van der Waals surface area contributed by atoms with Crippen molar-refractivity contribution in [2.24, 2.45) is 5.73 Å². The molecule has 0 aromatic heterocycles. The smallest absolute Gasteiger partial charge is 0.117 e. The lowest BCUT2D eigenvalue weighted by Crippen LogP contribution is -2.40. The van der Waals surface area contributed by atoms with Crippen molar-refractivity contribution in [1.29, 1.82) is 0 Å². The fourth-order valence-electron chi connectivity index (χ4n) is 1.00. The van der Waals surface area contributed by atoms with E-state index in [9.17, 15) is 0 Å². The normalized spacial score (nSPS) is 33.0. The molecule has 2 atom stereocenters. The molecule has 1 rings (SSSR count). The molecule has 0 aliphatic carbocycles. The van der Waals surface area contributed by atoms with Gasteiger partial charge in [0, 0.05) is 6.04 Å². The van der Waals surface area contributed by atoms with Gasteiger partial charge in [0.2, 0.25) is 0 Å². The number of hydrogen-bond acceptors (Lipinski definition) is 3. The van der Waals surface area contributed by atoms with Crippen LogP contribution < -0.4 is 11.1 Å². The van der Waals surface area contributed by atoms with Crippen LogP contribution in [0.3, 0.4) is 0 Å². The molecular formula is C5H12N2O. The summed E-state index contributed by atoms with van der Waals surface area (Å²) < 4.78 is 0. The van der Waals surface area contributed by atoms with E-state index in [-0.39, 0.29) is 6.04 Å². The molecule has 1 aliphatic rings. The lowest BCUT2D eigenvalue weighted by Gasteiger charge is -2.11. The van der Waals surface area contributed by atoms with Gasteiger partial charge < -0.3 is 16.2 Å². The highest BCUT2D eigenvalue weighted by atomic mass is 16.3. The highest BCUT2D eigenvalue weighted by Crippen LogP contribution is 2.05. The fourth-order valence-corrected chi connectivity index (χ4v) is 1.00. The van der Waals surface area contributed by atoms with E-state index in [4.69, 9.17) is 10.8 Å². The molecule has 0 aromatic rings. The van der Waals surface area contributed by atoms with Crippen LogP contribution in [0.5, 0.6) is 0 Å². The molecule has 1 aliphatic heterocycles. The quantitative estimate of drug-likeness (QED) is 0.386. The molecule has 3 heteroatoms. The first-order valence-electron chi connectivity index (χ1n) is 2.98. The van der Waals surface area contributed by atoms with E-state index in [0.29, 0.717) is 0 Å². The first kappa shape index (κ1) is 6.01. The van der Waals surface area contributed by atoms with E-state index in [2.05, 4.69) is 5.32 Å². The van der Waals surface area contributed by atoms with Gasteiger partial charge in [0.25, 0.3) is 0 Å². The molecule has 0 radical (unpaired) electrons. The van der Waals surface area contributed by atoms with Crippen molar-refractivity contribution in [3.8, 4) is 0 Å². The van der Waals surface area contributed by atoms with Gasteiger partial charge in [0.1, 0.15) is 6.23 Å². The summed E-state index contributed by atoms with van der Waals surface area (Å²) >= 11 is 0. The minimum absolute atomic E-state index is 0.148. The zero-order valence-electron chi connectivity index (χ0n) is 4.80. The van der Waals surface area contributed by atoms with E-state index in [1.165, 1.54) is 0 Å². The summed E-state index contributed by atoms with van der Waals surface area (Å²) in [4.78, 5) is 0. The average Bonchev–Trinajstić information content (AvgIpc) is 2.12. The Morgan fingerprint density at radius 2 is 2.50 bits per heavy atom. The van der Waals surface area contributed by atoms with Gasteiger partial charge in [0.15, 0.2) is 0 Å². The van der Waals surface area contributed by atoms with Crippen LogP contribution in [-0.4, -0.2) is 23.9 Å². The van der Waals surface area contributed by atoms with E-state index >= 15 is 0 Å². The van der Waals surface area contributed by atoms with E-state index in [0.717, 1.165) is 19.4 Å². The average molecular weight is 116 g/mol. The minimum atomic E-state index is -0.669.